The van der Waals surface area contributed by atoms with Crippen LogP contribution in [0.25, 0.3) is 0 Å². The van der Waals surface area contributed by atoms with Gasteiger partial charge < -0.3 is 14.7 Å². The van der Waals surface area contributed by atoms with Gasteiger partial charge in [-0.25, -0.2) is 0 Å². The maximum Gasteiger partial charge on any atom is 0.387 e. The van der Waals surface area contributed by atoms with Crippen LogP contribution < -0.4 is 9.64 Å². The lowest BCUT2D eigenvalue weighted by Gasteiger charge is -2.37. The molecule has 0 spiro atoms. The van der Waals surface area contributed by atoms with Gasteiger partial charge in [-0.2, -0.15) is 8.78 Å². The van der Waals surface area contributed by atoms with Crippen molar-refractivity contribution in [2.24, 2.45) is 5.41 Å². The number of ether oxygens (including phenoxy) is 1. The molecule has 0 radical (unpaired) electrons. The molecule has 0 bridgehead atoms. The fraction of sp³-hybridized carbons (Fsp3) is 0.556. The van der Waals surface area contributed by atoms with E-state index < -0.39 is 18.0 Å². The molecule has 0 aromatic heterocycles. The number of nitrogens with zero attached hydrogens (tertiary/aromatic N) is 2. The summed E-state index contributed by atoms with van der Waals surface area (Å²) >= 11 is 0. The zero-order valence-electron chi connectivity index (χ0n) is 14.5. The highest BCUT2D eigenvalue weighted by Crippen LogP contribution is 2.34. The third-order valence-corrected chi connectivity index (χ3v) is 5.24. The van der Waals surface area contributed by atoms with E-state index in [-0.39, 0.29) is 17.7 Å². The van der Waals surface area contributed by atoms with E-state index in [2.05, 4.69) is 4.74 Å². The zero-order valence-corrected chi connectivity index (χ0v) is 14.5. The topological polar surface area (TPSA) is 70.1 Å². The number of hydrogen-bond donors (Lipinski definition) is 1. The number of rotatable bonds is 5. The van der Waals surface area contributed by atoms with Gasteiger partial charge >= 0.3 is 12.6 Å². The largest absolute Gasteiger partial charge is 0.481 e. The molecule has 2 fully saturated rings. The number of piperidine rings is 1. The molecule has 1 N–H and O–H groups in total. The minimum absolute atomic E-state index is 0.0431. The number of anilines is 1. The van der Waals surface area contributed by atoms with Crippen LogP contribution in [0.4, 0.5) is 14.5 Å². The molecule has 2 aliphatic rings. The number of aliphatic carboxylic acids is 1. The summed E-state index contributed by atoms with van der Waals surface area (Å²) in [5.74, 6) is -0.871. The number of amides is 1. The molecule has 26 heavy (non-hydrogen) atoms. The second-order valence-electron chi connectivity index (χ2n) is 7.11. The summed E-state index contributed by atoms with van der Waals surface area (Å²) in [4.78, 5) is 28.0. The second kappa shape index (κ2) is 7.19. The molecule has 1 aromatic rings. The lowest BCUT2D eigenvalue weighted by atomic mass is 9.90. The van der Waals surface area contributed by atoms with E-state index in [1.54, 1.807) is 24.0 Å². The van der Waals surface area contributed by atoms with Gasteiger partial charge in [0.15, 0.2) is 0 Å². The Morgan fingerprint density at radius 3 is 2.58 bits per heavy atom. The van der Waals surface area contributed by atoms with E-state index in [9.17, 15) is 23.5 Å². The van der Waals surface area contributed by atoms with Crippen LogP contribution in [0.3, 0.4) is 0 Å². The number of halogens is 2. The average molecular weight is 368 g/mol. The molecule has 2 aliphatic heterocycles. The number of hydrogen-bond acceptors (Lipinski definition) is 4. The molecular formula is C18H22F2N2O4. The first-order chi connectivity index (χ1) is 12.3. The molecule has 0 saturated carbocycles. The van der Waals surface area contributed by atoms with Crippen LogP contribution >= 0.6 is 0 Å². The number of benzene rings is 1. The standard InChI is InChI=1S/C18H22F2N2O4/c1-18(16(24)25)8-10-21(11-18)14-3-2-9-22(15(14)23)12-4-6-13(7-5-12)26-17(19)20/h4-7,14,17H,2-3,8-11H2,1H3,(H,24,25). The van der Waals surface area contributed by atoms with Crippen molar-refractivity contribution in [3.8, 4) is 5.75 Å². The van der Waals surface area contributed by atoms with Gasteiger partial charge in [0.2, 0.25) is 5.91 Å². The highest BCUT2D eigenvalue weighted by atomic mass is 19.3. The van der Waals surface area contributed by atoms with Gasteiger partial charge in [0.25, 0.3) is 0 Å². The summed E-state index contributed by atoms with van der Waals surface area (Å²) in [5, 5.41) is 9.39. The summed E-state index contributed by atoms with van der Waals surface area (Å²) < 4.78 is 28.8. The minimum atomic E-state index is -2.89. The van der Waals surface area contributed by atoms with Crippen molar-refractivity contribution in [2.75, 3.05) is 24.5 Å². The Kier molecular flexibility index (Phi) is 5.13. The Hall–Kier alpha value is -2.22. The molecule has 0 aliphatic carbocycles. The normalized spacial score (nSPS) is 27.2. The highest BCUT2D eigenvalue weighted by molar-refractivity contribution is 5.98. The number of carboxylic acid groups (broad SMARTS) is 1. The van der Waals surface area contributed by atoms with E-state index in [1.165, 1.54) is 12.1 Å². The molecule has 1 aromatic carbocycles. The molecular weight excluding hydrogens is 346 g/mol. The van der Waals surface area contributed by atoms with Gasteiger partial charge in [-0.15, -0.1) is 0 Å². The van der Waals surface area contributed by atoms with E-state index in [1.807, 2.05) is 4.90 Å². The van der Waals surface area contributed by atoms with Crippen molar-refractivity contribution in [1.82, 2.24) is 4.90 Å². The van der Waals surface area contributed by atoms with Crippen LogP contribution in [0.1, 0.15) is 26.2 Å². The predicted octanol–water partition coefficient (Wildman–Crippen LogP) is 2.58. The maximum absolute atomic E-state index is 12.9. The lowest BCUT2D eigenvalue weighted by Crippen LogP contribution is -2.52. The fourth-order valence-corrected chi connectivity index (χ4v) is 3.70. The predicted molar refractivity (Wildman–Crippen MR) is 90.4 cm³/mol. The van der Waals surface area contributed by atoms with Crippen LogP contribution in [0, 0.1) is 5.41 Å². The van der Waals surface area contributed by atoms with Crippen molar-refractivity contribution in [3.05, 3.63) is 24.3 Å². The summed E-state index contributed by atoms with van der Waals surface area (Å²) in [5.41, 5.74) is -0.196. The maximum atomic E-state index is 12.9. The van der Waals surface area contributed by atoms with E-state index in [0.717, 1.165) is 6.42 Å². The first-order valence-electron chi connectivity index (χ1n) is 8.64. The summed E-state index contributed by atoms with van der Waals surface area (Å²) in [6.45, 7) is 0.305. The van der Waals surface area contributed by atoms with Crippen molar-refractivity contribution in [1.29, 1.82) is 0 Å². The van der Waals surface area contributed by atoms with Crippen LogP contribution in [0.15, 0.2) is 24.3 Å². The zero-order chi connectivity index (χ0) is 18.9. The fourth-order valence-electron chi connectivity index (χ4n) is 3.70. The Bertz CT molecular complexity index is 682. The Morgan fingerprint density at radius 2 is 2.00 bits per heavy atom. The van der Waals surface area contributed by atoms with Crippen molar-refractivity contribution in [2.45, 2.75) is 38.8 Å². The van der Waals surface area contributed by atoms with Crippen molar-refractivity contribution >= 4 is 17.6 Å². The third-order valence-electron chi connectivity index (χ3n) is 5.24. The molecule has 142 valence electrons. The summed E-state index contributed by atoms with van der Waals surface area (Å²) in [6.07, 6.45) is 2.01. The van der Waals surface area contributed by atoms with Gasteiger partial charge in [0.1, 0.15) is 5.75 Å². The number of likely N-dealkylation sites (tertiary alicyclic amines) is 1. The van der Waals surface area contributed by atoms with Crippen LogP contribution in [-0.4, -0.2) is 54.2 Å². The van der Waals surface area contributed by atoms with Crippen LogP contribution in [-0.2, 0) is 9.59 Å². The third kappa shape index (κ3) is 3.65. The van der Waals surface area contributed by atoms with Gasteiger partial charge in [-0.1, -0.05) is 0 Å². The molecule has 1 amide bonds. The number of carbonyl (C=O) groups excluding carboxylic acids is 1. The monoisotopic (exact) mass is 368 g/mol. The lowest BCUT2D eigenvalue weighted by molar-refractivity contribution is -0.147. The van der Waals surface area contributed by atoms with Gasteiger partial charge in [-0.05, 0) is 50.5 Å². The Morgan fingerprint density at radius 1 is 1.31 bits per heavy atom. The van der Waals surface area contributed by atoms with Gasteiger partial charge in [-0.3, -0.25) is 14.5 Å². The van der Waals surface area contributed by atoms with Crippen LogP contribution in [0.2, 0.25) is 0 Å². The molecule has 3 rings (SSSR count). The van der Waals surface area contributed by atoms with Gasteiger partial charge in [0, 0.05) is 25.3 Å². The molecule has 2 atom stereocenters. The number of carboxylic acids is 1. The summed E-state index contributed by atoms with van der Waals surface area (Å²) in [7, 11) is 0. The second-order valence-corrected chi connectivity index (χ2v) is 7.11. The molecule has 2 saturated heterocycles. The van der Waals surface area contributed by atoms with Crippen molar-refractivity contribution < 1.29 is 28.2 Å². The van der Waals surface area contributed by atoms with Crippen LogP contribution in [0.5, 0.6) is 5.75 Å². The summed E-state index contributed by atoms with van der Waals surface area (Å²) in [6, 6.07) is 5.65. The minimum Gasteiger partial charge on any atom is -0.481 e. The van der Waals surface area contributed by atoms with E-state index >= 15 is 0 Å². The number of alkyl halides is 2. The first kappa shape index (κ1) is 18.6. The molecule has 6 nitrogen and oxygen atoms in total. The highest BCUT2D eigenvalue weighted by Gasteiger charge is 2.45. The number of carbonyl (C=O) groups is 2. The molecule has 8 heteroatoms. The quantitative estimate of drug-likeness (QED) is 0.865. The smallest absolute Gasteiger partial charge is 0.387 e. The van der Waals surface area contributed by atoms with Gasteiger partial charge in [0.05, 0.1) is 11.5 Å². The van der Waals surface area contributed by atoms with E-state index in [0.29, 0.717) is 38.2 Å². The average Bonchev–Trinajstić information content (AvgIpc) is 2.99. The Balaban J connectivity index is 1.71. The SMILES string of the molecule is CC1(C(=O)O)CCN(C2CCCN(c3ccc(OC(F)F)cc3)C2=O)C1. The molecule has 2 heterocycles. The first-order valence-corrected chi connectivity index (χ1v) is 8.64. The van der Waals surface area contributed by atoms with E-state index in [4.69, 9.17) is 0 Å². The van der Waals surface area contributed by atoms with Crippen molar-refractivity contribution in [3.63, 3.8) is 0 Å². The molecule has 2 unspecified atom stereocenters. The Labute approximate surface area is 150 Å².